The Morgan fingerprint density at radius 1 is 1.00 bits per heavy atom. The number of rotatable bonds is 9. The first-order valence-electron chi connectivity index (χ1n) is 6.99. The van der Waals surface area contributed by atoms with E-state index in [-0.39, 0.29) is 12.7 Å². The van der Waals surface area contributed by atoms with Gasteiger partial charge in [-0.2, -0.15) is 0 Å². The van der Waals surface area contributed by atoms with Crippen molar-refractivity contribution >= 4 is 6.16 Å². The highest BCUT2D eigenvalue weighted by Gasteiger charge is 2.06. The number of ether oxygens (including phenoxy) is 2. The first-order chi connectivity index (χ1) is 9.20. The highest BCUT2D eigenvalue weighted by molar-refractivity contribution is 5.60. The van der Waals surface area contributed by atoms with Gasteiger partial charge in [-0.25, -0.2) is 4.79 Å². The van der Waals surface area contributed by atoms with E-state index in [0.29, 0.717) is 0 Å². The fourth-order valence-corrected chi connectivity index (χ4v) is 1.17. The number of allylic oxidation sites excluding steroid dienone is 5. The molecule has 0 aliphatic rings. The van der Waals surface area contributed by atoms with Gasteiger partial charge in [-0.15, -0.1) is 0 Å². The van der Waals surface area contributed by atoms with Crippen LogP contribution in [0.25, 0.3) is 0 Å². The molecule has 1 atom stereocenters. The van der Waals surface area contributed by atoms with E-state index in [1.807, 2.05) is 26.0 Å². The Bertz CT molecular complexity index is 303. The Balaban J connectivity index is 3.53. The summed E-state index contributed by atoms with van der Waals surface area (Å²) in [6.45, 7) is 6.18. The van der Waals surface area contributed by atoms with E-state index in [9.17, 15) is 4.79 Å². The fraction of sp³-hybridized carbons (Fsp3) is 0.562. The molecule has 0 aliphatic carbocycles. The third kappa shape index (κ3) is 12.7. The first-order valence-corrected chi connectivity index (χ1v) is 6.99. The lowest BCUT2D eigenvalue weighted by Crippen LogP contribution is -2.15. The highest BCUT2D eigenvalue weighted by atomic mass is 16.7. The average Bonchev–Trinajstić information content (AvgIpc) is 2.40. The summed E-state index contributed by atoms with van der Waals surface area (Å²) >= 11 is 0. The van der Waals surface area contributed by atoms with Gasteiger partial charge in [0.1, 0.15) is 12.7 Å². The van der Waals surface area contributed by atoms with E-state index < -0.39 is 6.16 Å². The molecular weight excluding hydrogens is 240 g/mol. The van der Waals surface area contributed by atoms with Crippen molar-refractivity contribution in [3.63, 3.8) is 0 Å². The van der Waals surface area contributed by atoms with Crippen molar-refractivity contribution in [1.82, 2.24) is 0 Å². The van der Waals surface area contributed by atoms with Crippen LogP contribution in [0.1, 0.15) is 46.5 Å². The standard InChI is InChI=1S/C16H26O3/c1-4-6-7-8-9-10-11-12-13-14-18-16(17)19-15(3)5-2/h6-7,9-10,12-13,15H,4-5,8,11,14H2,1-3H3/b7-6-,10-9-,13-12-. The largest absolute Gasteiger partial charge is 0.508 e. The second-order valence-electron chi connectivity index (χ2n) is 4.19. The van der Waals surface area contributed by atoms with E-state index in [1.54, 1.807) is 0 Å². The number of hydrogen-bond acceptors (Lipinski definition) is 3. The maximum absolute atomic E-state index is 11.1. The van der Waals surface area contributed by atoms with E-state index in [1.165, 1.54) is 0 Å². The maximum atomic E-state index is 11.1. The van der Waals surface area contributed by atoms with E-state index >= 15 is 0 Å². The van der Waals surface area contributed by atoms with Crippen molar-refractivity contribution in [2.75, 3.05) is 6.61 Å². The van der Waals surface area contributed by atoms with Crippen molar-refractivity contribution in [2.45, 2.75) is 52.6 Å². The summed E-state index contributed by atoms with van der Waals surface area (Å²) < 4.78 is 9.86. The van der Waals surface area contributed by atoms with Crippen LogP contribution in [0, 0.1) is 0 Å². The molecule has 0 radical (unpaired) electrons. The molecule has 0 aromatic carbocycles. The quantitative estimate of drug-likeness (QED) is 0.444. The van der Waals surface area contributed by atoms with Crippen LogP contribution < -0.4 is 0 Å². The van der Waals surface area contributed by atoms with Gasteiger partial charge in [-0.3, -0.25) is 0 Å². The van der Waals surface area contributed by atoms with E-state index in [2.05, 4.69) is 31.2 Å². The molecule has 0 saturated heterocycles. The Kier molecular flexibility index (Phi) is 11.9. The molecule has 0 amide bonds. The van der Waals surface area contributed by atoms with Crippen LogP contribution in [-0.4, -0.2) is 18.9 Å². The van der Waals surface area contributed by atoms with Gasteiger partial charge in [0.25, 0.3) is 0 Å². The third-order valence-corrected chi connectivity index (χ3v) is 2.45. The van der Waals surface area contributed by atoms with Crippen LogP contribution in [0.2, 0.25) is 0 Å². The monoisotopic (exact) mass is 266 g/mol. The molecule has 0 spiro atoms. The molecule has 1 unspecified atom stereocenters. The summed E-state index contributed by atoms with van der Waals surface area (Å²) in [5, 5.41) is 0. The van der Waals surface area contributed by atoms with Gasteiger partial charge in [0.2, 0.25) is 0 Å². The van der Waals surface area contributed by atoms with E-state index in [0.717, 1.165) is 25.7 Å². The van der Waals surface area contributed by atoms with Crippen LogP contribution in [0.5, 0.6) is 0 Å². The second-order valence-corrected chi connectivity index (χ2v) is 4.19. The van der Waals surface area contributed by atoms with Gasteiger partial charge in [0.15, 0.2) is 0 Å². The third-order valence-electron chi connectivity index (χ3n) is 2.45. The smallest absolute Gasteiger partial charge is 0.431 e. The predicted molar refractivity (Wildman–Crippen MR) is 79.1 cm³/mol. The summed E-state index contributed by atoms with van der Waals surface area (Å²) in [6, 6.07) is 0. The summed E-state index contributed by atoms with van der Waals surface area (Å²) in [4.78, 5) is 11.1. The zero-order valence-corrected chi connectivity index (χ0v) is 12.3. The normalized spacial score (nSPS) is 13.4. The minimum atomic E-state index is -0.598. The van der Waals surface area contributed by atoms with E-state index in [4.69, 9.17) is 9.47 Å². The molecule has 0 saturated carbocycles. The number of carbonyl (C=O) groups is 1. The van der Waals surface area contributed by atoms with Gasteiger partial charge in [-0.1, -0.05) is 50.3 Å². The molecule has 108 valence electrons. The van der Waals surface area contributed by atoms with Gasteiger partial charge in [0, 0.05) is 0 Å². The summed E-state index contributed by atoms with van der Waals surface area (Å²) in [6.07, 6.45) is 15.3. The lowest BCUT2D eigenvalue weighted by molar-refractivity contribution is 0.0345. The summed E-state index contributed by atoms with van der Waals surface area (Å²) in [5.41, 5.74) is 0. The van der Waals surface area contributed by atoms with Crippen LogP contribution >= 0.6 is 0 Å². The van der Waals surface area contributed by atoms with Gasteiger partial charge >= 0.3 is 6.16 Å². The van der Waals surface area contributed by atoms with Gasteiger partial charge in [0.05, 0.1) is 0 Å². The maximum Gasteiger partial charge on any atom is 0.508 e. The minimum Gasteiger partial charge on any atom is -0.431 e. The Labute approximate surface area is 117 Å². The molecule has 3 nitrogen and oxygen atoms in total. The zero-order valence-electron chi connectivity index (χ0n) is 12.3. The molecule has 0 aromatic heterocycles. The van der Waals surface area contributed by atoms with Crippen LogP contribution in [0.4, 0.5) is 4.79 Å². The van der Waals surface area contributed by atoms with Crippen molar-refractivity contribution < 1.29 is 14.3 Å². The minimum absolute atomic E-state index is 0.0874. The van der Waals surface area contributed by atoms with Crippen molar-refractivity contribution in [2.24, 2.45) is 0 Å². The van der Waals surface area contributed by atoms with Gasteiger partial charge in [-0.05, 0) is 32.6 Å². The first kappa shape index (κ1) is 17.5. The molecule has 0 N–H and O–H groups in total. The SMILES string of the molecule is CC/C=C\C/C=C\C/C=C\COC(=O)OC(C)CC. The van der Waals surface area contributed by atoms with Crippen LogP contribution in [0.15, 0.2) is 36.5 Å². The molecular formula is C16H26O3. The lowest BCUT2D eigenvalue weighted by Gasteiger charge is -2.09. The molecule has 0 fully saturated rings. The summed E-state index contributed by atoms with van der Waals surface area (Å²) in [5.74, 6) is 0. The van der Waals surface area contributed by atoms with Crippen molar-refractivity contribution in [3.8, 4) is 0 Å². The van der Waals surface area contributed by atoms with Gasteiger partial charge < -0.3 is 9.47 Å². The van der Waals surface area contributed by atoms with Crippen LogP contribution in [-0.2, 0) is 9.47 Å². The second kappa shape index (κ2) is 12.9. The Morgan fingerprint density at radius 3 is 2.16 bits per heavy atom. The molecule has 3 heteroatoms. The predicted octanol–water partition coefficient (Wildman–Crippen LogP) is 4.80. The Hall–Kier alpha value is -1.51. The Morgan fingerprint density at radius 2 is 1.58 bits per heavy atom. The molecule has 19 heavy (non-hydrogen) atoms. The van der Waals surface area contributed by atoms with Crippen molar-refractivity contribution in [1.29, 1.82) is 0 Å². The molecule has 0 aliphatic heterocycles. The topological polar surface area (TPSA) is 35.5 Å². The number of hydrogen-bond donors (Lipinski definition) is 0. The molecule has 0 aromatic rings. The average molecular weight is 266 g/mol. The molecule has 0 heterocycles. The molecule has 0 rings (SSSR count). The summed E-state index contributed by atoms with van der Waals surface area (Å²) in [7, 11) is 0. The van der Waals surface area contributed by atoms with Crippen molar-refractivity contribution in [3.05, 3.63) is 36.5 Å². The lowest BCUT2D eigenvalue weighted by atomic mass is 10.3. The fourth-order valence-electron chi connectivity index (χ4n) is 1.17. The van der Waals surface area contributed by atoms with Crippen LogP contribution in [0.3, 0.4) is 0 Å². The zero-order chi connectivity index (χ0) is 14.3. The number of carbonyl (C=O) groups excluding carboxylic acids is 1. The molecule has 0 bridgehead atoms. The highest BCUT2D eigenvalue weighted by Crippen LogP contribution is 1.98.